The van der Waals surface area contributed by atoms with E-state index in [9.17, 15) is 44.0 Å². The molecule has 9 N–H and O–H groups in total. The van der Waals surface area contributed by atoms with Crippen molar-refractivity contribution in [2.45, 2.75) is 337 Å². The average Bonchev–Trinajstić information content (AvgIpc) is 3.29. The molecule has 0 aliphatic heterocycles. The Bertz CT molecular complexity index is 938. The summed E-state index contributed by atoms with van der Waals surface area (Å²) < 4.78 is 0. The molecule has 0 atom stereocenters. The molecule has 0 heterocycles. The van der Waals surface area contributed by atoms with E-state index in [1.807, 2.05) is 0 Å². The molecule has 0 rings (SSSR count). The Morgan fingerprint density at radius 3 is 0.329 bits per heavy atom. The molecule has 0 unspecified atom stereocenters. The van der Waals surface area contributed by atoms with Gasteiger partial charge in [0, 0.05) is 0 Å². The second-order valence-corrected chi connectivity index (χ2v) is 33.2. The molecule has 0 aromatic carbocycles. The molecule has 0 aromatic heterocycles. The maximum atomic E-state index is 10.3. The van der Waals surface area contributed by atoms with Crippen LogP contribution >= 0.6 is 21.9 Å². The first-order valence-corrected chi connectivity index (χ1v) is 38.3. The molecule has 0 spiro atoms. The Morgan fingerprint density at radius 2 is 0.229 bits per heavy atom. The topological polar surface area (TPSA) is 182 Å². The van der Waals surface area contributed by atoms with Crippen molar-refractivity contribution in [3.8, 4) is 0 Å². The Hall–Kier alpha value is 0.930. The summed E-state index contributed by atoms with van der Waals surface area (Å²) in [6.45, 7) is 13.2. The molecule has 0 radical (unpaired) electrons. The van der Waals surface area contributed by atoms with E-state index in [2.05, 4.69) is 41.5 Å². The fourth-order valence-corrected chi connectivity index (χ4v) is 15.3. The molecule has 0 saturated heterocycles. The summed E-state index contributed by atoms with van der Waals surface area (Å²) in [5.41, 5.74) is 0. The molecule has 12 heteroatoms. The second-order valence-electron chi connectivity index (χ2n) is 22.5. The fourth-order valence-electron chi connectivity index (χ4n) is 9.40. The summed E-state index contributed by atoms with van der Waals surface area (Å²) in [7, 11) is -13.0. The molecule has 0 bridgehead atoms. The average molecular weight is 1070 g/mol. The maximum absolute atomic E-state index is 10.3. The normalized spacial score (nSPS) is 13.8. The van der Waals surface area contributed by atoms with Gasteiger partial charge < -0.3 is 0 Å². The molecule has 0 aliphatic rings. The quantitative estimate of drug-likeness (QED) is 0.0211. The first kappa shape index (κ1) is 75.2. The van der Waals surface area contributed by atoms with Crippen LogP contribution in [-0.4, -0.2) is 81.0 Å². The number of rotatable bonds is 52. The van der Waals surface area contributed by atoms with Gasteiger partial charge in [-0.2, -0.15) is 0 Å². The van der Waals surface area contributed by atoms with Crippen molar-refractivity contribution in [2.75, 3.05) is 37.0 Å². The van der Waals surface area contributed by atoms with E-state index >= 15 is 0 Å². The standard InChI is InChI=1S/C26H57O3P.2C16H37O3P/c1-3-5-7-9-11-13-15-17-19-21-23-25-30(27,28,29)26-24-22-20-18-16-14-12-10-8-6-4-2;2*1-3-5-7-9-11-13-15-20(17,18,19)16-14-12-10-8-6-4-2/h27-29H,3-26H2,1-2H3;2*17-19H,3-16H2,1-2H3. The van der Waals surface area contributed by atoms with Crippen molar-refractivity contribution in [1.29, 1.82) is 0 Å². The Morgan fingerprint density at radius 1 is 0.143 bits per heavy atom. The van der Waals surface area contributed by atoms with Gasteiger partial charge in [0.15, 0.2) is 0 Å². The van der Waals surface area contributed by atoms with Gasteiger partial charge in [0.05, 0.1) is 0 Å². The zero-order valence-corrected chi connectivity index (χ0v) is 50.8. The van der Waals surface area contributed by atoms with Crippen molar-refractivity contribution >= 4 is 21.9 Å². The fraction of sp³-hybridized carbons (Fsp3) is 1.00. The van der Waals surface area contributed by atoms with E-state index in [0.29, 0.717) is 0 Å². The minimum absolute atomic E-state index is 0.201. The van der Waals surface area contributed by atoms with Crippen LogP contribution in [0.3, 0.4) is 0 Å². The van der Waals surface area contributed by atoms with Gasteiger partial charge in [0.25, 0.3) is 0 Å². The van der Waals surface area contributed by atoms with E-state index in [-0.39, 0.29) is 37.0 Å². The van der Waals surface area contributed by atoms with Crippen molar-refractivity contribution in [1.82, 2.24) is 0 Å². The minimum atomic E-state index is -4.36. The third kappa shape index (κ3) is 63.2. The molecule has 0 amide bonds. The molecule has 0 aliphatic carbocycles. The van der Waals surface area contributed by atoms with Gasteiger partial charge in [-0.15, -0.1) is 0 Å². The SMILES string of the molecule is CCCCCCCCCCCCCP(O)(O)(O)CCCCCCCCCCCCC.CCCCCCCCP(O)(O)(O)CCCCCCCC.CCCCCCCCP(O)(O)(O)CCCCCCCC. The van der Waals surface area contributed by atoms with Crippen molar-refractivity contribution in [2.24, 2.45) is 0 Å². The third-order valence-corrected chi connectivity index (χ3v) is 21.7. The molecule has 0 aromatic rings. The summed E-state index contributed by atoms with van der Waals surface area (Å²) >= 11 is 0. The van der Waals surface area contributed by atoms with E-state index < -0.39 is 21.9 Å². The zero-order valence-electron chi connectivity index (χ0n) is 48.1. The van der Waals surface area contributed by atoms with E-state index in [1.165, 1.54) is 180 Å². The predicted molar refractivity (Wildman–Crippen MR) is 316 cm³/mol. The zero-order chi connectivity index (χ0) is 53.1. The van der Waals surface area contributed by atoms with Gasteiger partial charge in [-0.1, -0.05) is 13.8 Å². The monoisotopic (exact) mass is 1060 g/mol. The van der Waals surface area contributed by atoms with Crippen LogP contribution in [0.25, 0.3) is 0 Å². The Kier molecular flexibility index (Phi) is 51.9. The molecular formula is C58H131O9P3. The molecule has 9 nitrogen and oxygen atoms in total. The van der Waals surface area contributed by atoms with E-state index in [4.69, 9.17) is 0 Å². The van der Waals surface area contributed by atoms with Crippen LogP contribution in [0.1, 0.15) is 337 Å². The summed E-state index contributed by atoms with van der Waals surface area (Å²) in [4.78, 5) is 91.1. The van der Waals surface area contributed by atoms with E-state index in [1.54, 1.807) is 0 Å². The second kappa shape index (κ2) is 48.3. The number of unbranched alkanes of at least 4 members (excludes halogenated alkanes) is 40. The van der Waals surface area contributed by atoms with Crippen LogP contribution in [0.5, 0.6) is 0 Å². The van der Waals surface area contributed by atoms with Crippen molar-refractivity contribution < 1.29 is 44.0 Å². The van der Waals surface area contributed by atoms with Crippen LogP contribution in [0.2, 0.25) is 0 Å². The van der Waals surface area contributed by atoms with E-state index in [0.717, 1.165) is 116 Å². The molecule has 70 heavy (non-hydrogen) atoms. The predicted octanol–water partition coefficient (Wildman–Crippen LogP) is 18.8. The summed E-state index contributed by atoms with van der Waals surface area (Å²) in [6, 6.07) is 0. The third-order valence-electron chi connectivity index (χ3n) is 14.3. The van der Waals surface area contributed by atoms with Crippen molar-refractivity contribution in [3.05, 3.63) is 0 Å². The molecular weight excluding hydrogens is 934 g/mol. The van der Waals surface area contributed by atoms with Crippen LogP contribution in [-0.2, 0) is 0 Å². The van der Waals surface area contributed by atoms with Crippen LogP contribution in [0.15, 0.2) is 0 Å². The van der Waals surface area contributed by atoms with Crippen LogP contribution < -0.4 is 0 Å². The number of hydrogen-bond donors (Lipinski definition) is 9. The molecule has 432 valence electrons. The van der Waals surface area contributed by atoms with Gasteiger partial charge in [-0.3, -0.25) is 0 Å². The Labute approximate surface area is 437 Å². The van der Waals surface area contributed by atoms with Crippen molar-refractivity contribution in [3.63, 3.8) is 0 Å². The van der Waals surface area contributed by atoms with Gasteiger partial charge in [-0.05, 0) is 0 Å². The Balaban J connectivity index is -0.000000995. The molecule has 0 fully saturated rings. The van der Waals surface area contributed by atoms with Gasteiger partial charge in [-0.25, -0.2) is 0 Å². The summed E-state index contributed by atoms with van der Waals surface area (Å²) in [5, 5.41) is 0. The first-order chi connectivity index (χ1) is 33.2. The first-order valence-electron chi connectivity index (χ1n) is 30.9. The summed E-state index contributed by atoms with van der Waals surface area (Å²) in [5.74, 6) is 0. The van der Waals surface area contributed by atoms with Crippen LogP contribution in [0.4, 0.5) is 0 Å². The van der Waals surface area contributed by atoms with Gasteiger partial charge in [0.1, 0.15) is 0 Å². The number of hydrogen-bond acceptors (Lipinski definition) is 9. The van der Waals surface area contributed by atoms with Gasteiger partial charge in [0.2, 0.25) is 0 Å². The summed E-state index contributed by atoms with van der Waals surface area (Å²) in [6.07, 6.45) is 54.6. The van der Waals surface area contributed by atoms with Crippen LogP contribution in [0, 0.1) is 0 Å². The molecule has 0 saturated carbocycles. The van der Waals surface area contributed by atoms with Gasteiger partial charge >= 0.3 is 426 Å².